The summed E-state index contributed by atoms with van der Waals surface area (Å²) in [5.41, 5.74) is 2.09. The van der Waals surface area contributed by atoms with E-state index in [1.807, 2.05) is 36.4 Å². The van der Waals surface area contributed by atoms with Crippen molar-refractivity contribution in [1.82, 2.24) is 0 Å². The van der Waals surface area contributed by atoms with E-state index in [1.165, 1.54) is 0 Å². The third kappa shape index (κ3) is 2.66. The van der Waals surface area contributed by atoms with E-state index < -0.39 is 9.84 Å². The van der Waals surface area contributed by atoms with Gasteiger partial charge in [-0.2, -0.15) is 0 Å². The average molecular weight is 277 g/mol. The molecule has 1 aromatic heterocycles. The number of hydrogen-bond acceptors (Lipinski definition) is 4. The van der Waals surface area contributed by atoms with Gasteiger partial charge in [0.2, 0.25) is 0 Å². The number of sulfone groups is 1. The minimum atomic E-state index is -2.82. The Morgan fingerprint density at radius 2 is 1.68 bits per heavy atom. The van der Waals surface area contributed by atoms with Crippen molar-refractivity contribution in [2.45, 2.75) is 0 Å². The van der Waals surface area contributed by atoms with E-state index in [9.17, 15) is 8.42 Å². The van der Waals surface area contributed by atoms with E-state index in [0.717, 1.165) is 17.0 Å². The van der Waals surface area contributed by atoms with Gasteiger partial charge in [0.15, 0.2) is 9.84 Å². The second kappa shape index (κ2) is 4.74. The highest BCUT2D eigenvalue weighted by molar-refractivity contribution is 7.91. The smallest absolute Gasteiger partial charge is 0.153 e. The van der Waals surface area contributed by atoms with Crippen LogP contribution >= 0.6 is 0 Å². The van der Waals surface area contributed by atoms with Crippen molar-refractivity contribution in [2.75, 3.05) is 29.5 Å². The fraction of sp³-hybridized carbons (Fsp3) is 0.286. The van der Waals surface area contributed by atoms with Crippen molar-refractivity contribution in [3.8, 4) is 11.3 Å². The van der Waals surface area contributed by atoms with Crippen LogP contribution in [-0.4, -0.2) is 33.0 Å². The Hall–Kier alpha value is -1.75. The van der Waals surface area contributed by atoms with Gasteiger partial charge in [-0.25, -0.2) is 8.42 Å². The Morgan fingerprint density at radius 1 is 1.00 bits per heavy atom. The van der Waals surface area contributed by atoms with Gasteiger partial charge in [-0.3, -0.25) is 0 Å². The average Bonchev–Trinajstić information content (AvgIpc) is 2.93. The Balaban J connectivity index is 1.77. The second-order valence-electron chi connectivity index (χ2n) is 4.66. The molecule has 2 aromatic rings. The molecule has 19 heavy (non-hydrogen) atoms. The summed E-state index contributed by atoms with van der Waals surface area (Å²) in [4.78, 5) is 2.10. The van der Waals surface area contributed by atoms with Crippen LogP contribution in [-0.2, 0) is 9.84 Å². The van der Waals surface area contributed by atoms with Crippen LogP contribution < -0.4 is 4.90 Å². The Kier molecular flexibility index (Phi) is 3.06. The number of anilines is 1. The Labute approximate surface area is 112 Å². The summed E-state index contributed by atoms with van der Waals surface area (Å²) in [5.74, 6) is 1.33. The molecule has 0 unspecified atom stereocenters. The molecule has 0 spiro atoms. The van der Waals surface area contributed by atoms with Gasteiger partial charge in [-0.1, -0.05) is 0 Å². The van der Waals surface area contributed by atoms with E-state index in [-0.39, 0.29) is 11.5 Å². The molecule has 1 aliphatic heterocycles. The lowest BCUT2D eigenvalue weighted by Crippen LogP contribution is -2.40. The first-order valence-corrected chi connectivity index (χ1v) is 8.05. The fourth-order valence-electron chi connectivity index (χ4n) is 2.25. The molecule has 0 N–H and O–H groups in total. The maximum Gasteiger partial charge on any atom is 0.153 e. The molecule has 0 bridgehead atoms. The fourth-order valence-corrected chi connectivity index (χ4v) is 3.45. The normalized spacial score (nSPS) is 18.4. The van der Waals surface area contributed by atoms with Crippen molar-refractivity contribution >= 4 is 15.5 Å². The maximum absolute atomic E-state index is 11.4. The molecular formula is C14H15NO3S. The topological polar surface area (TPSA) is 50.5 Å². The molecule has 0 amide bonds. The van der Waals surface area contributed by atoms with Gasteiger partial charge >= 0.3 is 0 Å². The second-order valence-corrected chi connectivity index (χ2v) is 6.97. The molecule has 100 valence electrons. The molecule has 0 saturated carbocycles. The predicted molar refractivity (Wildman–Crippen MR) is 75.0 cm³/mol. The lowest BCUT2D eigenvalue weighted by Gasteiger charge is -2.28. The summed E-state index contributed by atoms with van der Waals surface area (Å²) in [6, 6.07) is 11.8. The van der Waals surface area contributed by atoms with Crippen LogP contribution in [0.1, 0.15) is 0 Å². The Bertz CT molecular complexity index is 631. The first-order chi connectivity index (χ1) is 9.14. The van der Waals surface area contributed by atoms with E-state index >= 15 is 0 Å². The molecular weight excluding hydrogens is 262 g/mol. The maximum atomic E-state index is 11.4. The summed E-state index contributed by atoms with van der Waals surface area (Å²) < 4.78 is 28.1. The van der Waals surface area contributed by atoms with Crippen LogP contribution in [0.5, 0.6) is 0 Å². The molecule has 0 radical (unpaired) electrons. The van der Waals surface area contributed by atoms with Crippen molar-refractivity contribution in [2.24, 2.45) is 0 Å². The van der Waals surface area contributed by atoms with E-state index in [0.29, 0.717) is 13.1 Å². The molecule has 0 aliphatic carbocycles. The third-order valence-electron chi connectivity index (χ3n) is 3.38. The first kappa shape index (κ1) is 12.3. The highest BCUT2D eigenvalue weighted by atomic mass is 32.2. The number of hydrogen-bond donors (Lipinski definition) is 0. The number of rotatable bonds is 2. The summed E-state index contributed by atoms with van der Waals surface area (Å²) in [7, 11) is -2.82. The minimum absolute atomic E-state index is 0.243. The first-order valence-electron chi connectivity index (χ1n) is 6.23. The van der Waals surface area contributed by atoms with Crippen molar-refractivity contribution < 1.29 is 12.8 Å². The zero-order valence-corrected chi connectivity index (χ0v) is 11.3. The van der Waals surface area contributed by atoms with Crippen LogP contribution in [0.3, 0.4) is 0 Å². The molecule has 1 fully saturated rings. The van der Waals surface area contributed by atoms with Gasteiger partial charge in [-0.15, -0.1) is 0 Å². The minimum Gasteiger partial charge on any atom is -0.464 e. The summed E-state index contributed by atoms with van der Waals surface area (Å²) in [6.07, 6.45) is 1.65. The largest absolute Gasteiger partial charge is 0.464 e. The van der Waals surface area contributed by atoms with Gasteiger partial charge in [0.05, 0.1) is 17.8 Å². The zero-order chi connectivity index (χ0) is 13.3. The monoisotopic (exact) mass is 277 g/mol. The molecule has 2 heterocycles. The van der Waals surface area contributed by atoms with E-state index in [4.69, 9.17) is 4.42 Å². The molecule has 1 aliphatic rings. The summed E-state index contributed by atoms with van der Waals surface area (Å²) >= 11 is 0. The molecule has 3 rings (SSSR count). The van der Waals surface area contributed by atoms with Crippen LogP contribution in [0.15, 0.2) is 47.1 Å². The molecule has 1 aromatic carbocycles. The van der Waals surface area contributed by atoms with Gasteiger partial charge in [-0.05, 0) is 36.4 Å². The standard InChI is InChI=1S/C14H15NO3S/c16-19(17)10-7-15(8-11-19)13-5-3-12(4-6-13)14-2-1-9-18-14/h1-6,9H,7-8,10-11H2. The van der Waals surface area contributed by atoms with Crippen LogP contribution in [0.2, 0.25) is 0 Å². The summed E-state index contributed by atoms with van der Waals surface area (Å²) in [5, 5.41) is 0. The Morgan fingerprint density at radius 3 is 2.26 bits per heavy atom. The predicted octanol–water partition coefficient (Wildman–Crippen LogP) is 2.18. The van der Waals surface area contributed by atoms with Crippen molar-refractivity contribution in [3.05, 3.63) is 42.7 Å². The van der Waals surface area contributed by atoms with Gasteiger partial charge in [0.1, 0.15) is 5.76 Å². The summed E-state index contributed by atoms with van der Waals surface area (Å²) in [6.45, 7) is 1.14. The zero-order valence-electron chi connectivity index (χ0n) is 10.5. The van der Waals surface area contributed by atoms with Crippen LogP contribution in [0.4, 0.5) is 5.69 Å². The van der Waals surface area contributed by atoms with Gasteiger partial charge in [0, 0.05) is 24.3 Å². The van der Waals surface area contributed by atoms with Gasteiger partial charge in [0.25, 0.3) is 0 Å². The molecule has 1 saturated heterocycles. The van der Waals surface area contributed by atoms with E-state index in [1.54, 1.807) is 6.26 Å². The van der Waals surface area contributed by atoms with Crippen LogP contribution in [0.25, 0.3) is 11.3 Å². The van der Waals surface area contributed by atoms with Crippen molar-refractivity contribution in [1.29, 1.82) is 0 Å². The molecule has 5 heteroatoms. The highest BCUT2D eigenvalue weighted by Crippen LogP contribution is 2.24. The number of furan rings is 1. The SMILES string of the molecule is O=S1(=O)CCN(c2ccc(-c3ccco3)cc2)CC1. The number of benzene rings is 1. The lowest BCUT2D eigenvalue weighted by atomic mass is 10.1. The lowest BCUT2D eigenvalue weighted by molar-refractivity contribution is 0.582. The van der Waals surface area contributed by atoms with E-state index in [2.05, 4.69) is 4.90 Å². The third-order valence-corrected chi connectivity index (χ3v) is 4.99. The highest BCUT2D eigenvalue weighted by Gasteiger charge is 2.21. The van der Waals surface area contributed by atoms with Crippen LogP contribution in [0, 0.1) is 0 Å². The quantitative estimate of drug-likeness (QED) is 0.844. The number of nitrogens with zero attached hydrogens (tertiary/aromatic N) is 1. The van der Waals surface area contributed by atoms with Gasteiger partial charge < -0.3 is 9.32 Å². The molecule has 0 atom stereocenters. The molecule has 4 nitrogen and oxygen atoms in total. The van der Waals surface area contributed by atoms with Crippen molar-refractivity contribution in [3.63, 3.8) is 0 Å².